The van der Waals surface area contributed by atoms with E-state index in [1.807, 2.05) is 6.26 Å². The van der Waals surface area contributed by atoms with E-state index >= 15 is 0 Å². The second-order valence-corrected chi connectivity index (χ2v) is 6.77. The van der Waals surface area contributed by atoms with Crippen molar-refractivity contribution in [2.45, 2.75) is 17.6 Å². The fourth-order valence-electron chi connectivity index (χ4n) is 2.17. The first kappa shape index (κ1) is 16.3. The first-order valence-electron chi connectivity index (χ1n) is 6.89. The number of rotatable bonds is 5. The summed E-state index contributed by atoms with van der Waals surface area (Å²) in [6.45, 7) is 0. The molecule has 0 saturated carbocycles. The highest BCUT2D eigenvalue weighted by Gasteiger charge is 2.23. The summed E-state index contributed by atoms with van der Waals surface area (Å²) >= 11 is 3.02. The smallest absolute Gasteiger partial charge is 0.214 e. The third kappa shape index (κ3) is 3.36. The lowest BCUT2D eigenvalue weighted by Crippen LogP contribution is -2.25. The summed E-state index contributed by atoms with van der Waals surface area (Å²) in [5.74, 6) is 0.259. The van der Waals surface area contributed by atoms with E-state index in [0.29, 0.717) is 16.7 Å². The fourth-order valence-corrected chi connectivity index (χ4v) is 3.39. The maximum Gasteiger partial charge on any atom is 0.214 e. The van der Waals surface area contributed by atoms with Gasteiger partial charge in [0.15, 0.2) is 5.82 Å². The molecule has 1 aliphatic heterocycles. The van der Waals surface area contributed by atoms with Crippen LogP contribution in [0.3, 0.4) is 0 Å². The highest BCUT2D eigenvalue weighted by atomic mass is 32.2. The van der Waals surface area contributed by atoms with Crippen molar-refractivity contribution in [3.8, 4) is 0 Å². The molecule has 5 nitrogen and oxygen atoms in total. The third-order valence-corrected chi connectivity index (χ3v) is 4.83. The quantitative estimate of drug-likeness (QED) is 0.859. The van der Waals surface area contributed by atoms with Gasteiger partial charge in [-0.3, -0.25) is 5.43 Å². The number of halogens is 2. The van der Waals surface area contributed by atoms with Crippen LogP contribution in [-0.2, 0) is 0 Å². The normalized spacial score (nSPS) is 14.9. The third-order valence-electron chi connectivity index (χ3n) is 3.36. The van der Waals surface area contributed by atoms with Gasteiger partial charge in [-0.05, 0) is 30.6 Å². The Morgan fingerprint density at radius 3 is 2.96 bits per heavy atom. The molecule has 2 aromatic rings. The van der Waals surface area contributed by atoms with E-state index in [-0.39, 0.29) is 11.6 Å². The Morgan fingerprint density at radius 2 is 2.22 bits per heavy atom. The van der Waals surface area contributed by atoms with Gasteiger partial charge in [-0.1, -0.05) is 11.8 Å². The first-order valence-corrected chi connectivity index (χ1v) is 9.16. The molecule has 23 heavy (non-hydrogen) atoms. The van der Waals surface area contributed by atoms with Crippen molar-refractivity contribution < 1.29 is 8.78 Å². The second kappa shape index (κ2) is 6.90. The molecular formula is C14H15F2N5S2. The number of nitrogens with zero attached hydrogens (tertiary/aromatic N) is 3. The molecule has 0 radical (unpaired) electrons. The zero-order valence-electron chi connectivity index (χ0n) is 12.3. The summed E-state index contributed by atoms with van der Waals surface area (Å²) in [4.78, 5) is 0. The van der Waals surface area contributed by atoms with E-state index < -0.39 is 11.6 Å². The number of aromatic nitrogens is 3. The number of nitrogens with two attached hydrogens (primary N) is 1. The number of benzene rings is 1. The molecule has 1 atom stereocenters. The van der Waals surface area contributed by atoms with Gasteiger partial charge < -0.3 is 5.73 Å². The van der Waals surface area contributed by atoms with Crippen LogP contribution in [0, 0.1) is 11.6 Å². The summed E-state index contributed by atoms with van der Waals surface area (Å²) in [5, 5.41) is 10.6. The van der Waals surface area contributed by atoms with Crippen molar-refractivity contribution >= 4 is 29.2 Å². The van der Waals surface area contributed by atoms with E-state index in [1.165, 1.54) is 23.9 Å². The SMILES string of the molecule is CSCC[C@H](N)c1nnc2n1NC(c1ccc(F)cc1F)=CS2. The molecule has 0 fully saturated rings. The topological polar surface area (TPSA) is 68.8 Å². The Balaban J connectivity index is 1.86. The maximum absolute atomic E-state index is 14.0. The molecule has 0 unspecified atom stereocenters. The predicted octanol–water partition coefficient (Wildman–Crippen LogP) is 2.96. The molecule has 1 aliphatic rings. The molecule has 0 spiro atoms. The van der Waals surface area contributed by atoms with Gasteiger partial charge in [0.1, 0.15) is 11.6 Å². The fraction of sp³-hybridized carbons (Fsp3) is 0.286. The van der Waals surface area contributed by atoms with Crippen molar-refractivity contribution in [3.63, 3.8) is 0 Å². The van der Waals surface area contributed by atoms with Crippen molar-refractivity contribution in [3.05, 3.63) is 46.6 Å². The van der Waals surface area contributed by atoms with Gasteiger partial charge in [0.25, 0.3) is 0 Å². The molecule has 2 heterocycles. The van der Waals surface area contributed by atoms with Gasteiger partial charge in [-0.15, -0.1) is 10.2 Å². The predicted molar refractivity (Wildman–Crippen MR) is 89.5 cm³/mol. The monoisotopic (exact) mass is 355 g/mol. The summed E-state index contributed by atoms with van der Waals surface area (Å²) in [6, 6.07) is 3.20. The van der Waals surface area contributed by atoms with Gasteiger partial charge in [0, 0.05) is 17.0 Å². The Morgan fingerprint density at radius 1 is 1.39 bits per heavy atom. The number of nitrogens with one attached hydrogen (secondary N) is 1. The van der Waals surface area contributed by atoms with Crippen LogP contribution in [0.4, 0.5) is 8.78 Å². The Bertz CT molecular complexity index is 747. The molecule has 1 aromatic heterocycles. The summed E-state index contributed by atoms with van der Waals surface area (Å²) < 4.78 is 28.7. The molecule has 1 aromatic carbocycles. The van der Waals surface area contributed by atoms with Crippen LogP contribution in [0.15, 0.2) is 28.8 Å². The number of hydrogen-bond acceptors (Lipinski definition) is 6. The van der Waals surface area contributed by atoms with Crippen LogP contribution < -0.4 is 11.2 Å². The standard InChI is InChI=1S/C14H15F2N5S2/c1-22-5-4-11(17)13-18-19-14-21(13)20-12(7-23-14)9-3-2-8(15)6-10(9)16/h2-3,6-7,11,20H,4-5,17H2,1H3/t11-/m0/s1. The van der Waals surface area contributed by atoms with Crippen LogP contribution in [0.2, 0.25) is 0 Å². The lowest BCUT2D eigenvalue weighted by atomic mass is 10.1. The molecule has 3 N–H and O–H groups in total. The van der Waals surface area contributed by atoms with Gasteiger partial charge in [0.05, 0.1) is 11.7 Å². The van der Waals surface area contributed by atoms with Gasteiger partial charge in [-0.25, -0.2) is 13.5 Å². The lowest BCUT2D eigenvalue weighted by molar-refractivity contribution is 0.579. The minimum absolute atomic E-state index is 0.269. The molecule has 0 bridgehead atoms. The van der Waals surface area contributed by atoms with Crippen LogP contribution in [0.5, 0.6) is 0 Å². The van der Waals surface area contributed by atoms with Gasteiger partial charge >= 0.3 is 0 Å². The van der Waals surface area contributed by atoms with E-state index in [1.54, 1.807) is 21.8 Å². The van der Waals surface area contributed by atoms with E-state index in [4.69, 9.17) is 5.73 Å². The molecule has 9 heteroatoms. The van der Waals surface area contributed by atoms with E-state index in [2.05, 4.69) is 15.6 Å². The Kier molecular flexibility index (Phi) is 4.88. The van der Waals surface area contributed by atoms with Crippen LogP contribution in [-0.4, -0.2) is 26.9 Å². The second-order valence-electron chi connectivity index (χ2n) is 4.95. The molecule has 0 saturated heterocycles. The number of fused-ring (bicyclic) bond motifs is 1. The maximum atomic E-state index is 14.0. The molecule has 122 valence electrons. The average molecular weight is 355 g/mol. The van der Waals surface area contributed by atoms with Crippen LogP contribution in [0.1, 0.15) is 23.9 Å². The van der Waals surface area contributed by atoms with Gasteiger partial charge in [0.2, 0.25) is 5.16 Å². The largest absolute Gasteiger partial charge is 0.321 e. The average Bonchev–Trinajstić information content (AvgIpc) is 2.95. The van der Waals surface area contributed by atoms with Crippen LogP contribution in [0.25, 0.3) is 5.70 Å². The molecule has 0 amide bonds. The van der Waals surface area contributed by atoms with Crippen LogP contribution >= 0.6 is 23.5 Å². The summed E-state index contributed by atoms with van der Waals surface area (Å²) in [5.41, 5.74) is 10.0. The molecule has 3 rings (SSSR count). The van der Waals surface area contributed by atoms with Crippen molar-refractivity contribution in [1.29, 1.82) is 0 Å². The number of thioether (sulfide) groups is 2. The highest BCUT2D eigenvalue weighted by molar-refractivity contribution is 8.02. The minimum Gasteiger partial charge on any atom is -0.321 e. The highest BCUT2D eigenvalue weighted by Crippen LogP contribution is 2.31. The van der Waals surface area contributed by atoms with E-state index in [0.717, 1.165) is 18.2 Å². The molecule has 0 aliphatic carbocycles. The van der Waals surface area contributed by atoms with E-state index in [9.17, 15) is 8.78 Å². The Labute approximate surface area is 140 Å². The summed E-state index contributed by atoms with van der Waals surface area (Å²) in [7, 11) is 0. The zero-order valence-corrected chi connectivity index (χ0v) is 13.9. The zero-order chi connectivity index (χ0) is 16.4. The Hall–Kier alpha value is -1.58. The minimum atomic E-state index is -0.630. The van der Waals surface area contributed by atoms with Crippen molar-refractivity contribution in [2.75, 3.05) is 17.4 Å². The number of hydrogen-bond donors (Lipinski definition) is 2. The van der Waals surface area contributed by atoms with Crippen molar-refractivity contribution in [1.82, 2.24) is 14.9 Å². The van der Waals surface area contributed by atoms with Gasteiger partial charge in [-0.2, -0.15) is 11.8 Å². The van der Waals surface area contributed by atoms with Crippen molar-refractivity contribution in [2.24, 2.45) is 5.73 Å². The molecular weight excluding hydrogens is 340 g/mol. The first-order chi connectivity index (χ1) is 11.1. The lowest BCUT2D eigenvalue weighted by Gasteiger charge is -2.21. The summed E-state index contributed by atoms with van der Waals surface area (Å²) in [6.07, 6.45) is 2.77.